The second-order valence-corrected chi connectivity index (χ2v) is 8.79. The predicted molar refractivity (Wildman–Crippen MR) is 118 cm³/mol. The van der Waals surface area contributed by atoms with Crippen LogP contribution in [-0.4, -0.2) is 51.9 Å². The molecule has 1 aliphatic carbocycles. The van der Waals surface area contributed by atoms with Gasteiger partial charge in [0.05, 0.1) is 13.7 Å². The van der Waals surface area contributed by atoms with E-state index in [0.29, 0.717) is 23.8 Å². The van der Waals surface area contributed by atoms with Crippen LogP contribution in [0, 0.1) is 17.8 Å². The first-order chi connectivity index (χ1) is 16.0. The second kappa shape index (κ2) is 8.28. The average molecular weight is 447 g/mol. The van der Waals surface area contributed by atoms with E-state index >= 15 is 0 Å². The smallest absolute Gasteiger partial charge is 0.323 e. The monoisotopic (exact) mass is 447 g/mol. The number of carbonyl (C=O) groups is 3. The van der Waals surface area contributed by atoms with Crippen molar-refractivity contribution in [3.63, 3.8) is 0 Å². The second-order valence-electron chi connectivity index (χ2n) is 8.79. The van der Waals surface area contributed by atoms with E-state index in [1.807, 2.05) is 12.3 Å². The van der Waals surface area contributed by atoms with Gasteiger partial charge < -0.3 is 19.9 Å². The van der Waals surface area contributed by atoms with Gasteiger partial charge in [0.2, 0.25) is 0 Å². The number of nitrogens with zero attached hydrogens (tertiary/aromatic N) is 2. The number of fused-ring (bicyclic) bond motifs is 1. The van der Waals surface area contributed by atoms with Gasteiger partial charge in [-0.15, -0.1) is 0 Å². The number of amides is 4. The van der Waals surface area contributed by atoms with Crippen LogP contribution in [0.5, 0.6) is 5.75 Å². The SMILES string of the molecule is COc1ccc2c(c1)C(=O)N(C[C@@]1(C#CC3CCC(c4ncc[nH]4)CC3)NC(=O)NC1=O)C2. The van der Waals surface area contributed by atoms with Crippen LogP contribution in [0.3, 0.4) is 0 Å². The van der Waals surface area contributed by atoms with Gasteiger partial charge in [0.1, 0.15) is 11.6 Å². The summed E-state index contributed by atoms with van der Waals surface area (Å²) in [4.78, 5) is 46.9. The number of nitrogens with one attached hydrogen (secondary N) is 3. The quantitative estimate of drug-likeness (QED) is 0.489. The minimum Gasteiger partial charge on any atom is -0.497 e. The number of hydrogen-bond donors (Lipinski definition) is 3. The molecule has 3 N–H and O–H groups in total. The van der Waals surface area contributed by atoms with Crippen LogP contribution < -0.4 is 15.4 Å². The van der Waals surface area contributed by atoms with Crippen molar-refractivity contribution in [2.45, 2.75) is 43.7 Å². The van der Waals surface area contributed by atoms with E-state index in [0.717, 1.165) is 37.1 Å². The van der Waals surface area contributed by atoms with Crippen molar-refractivity contribution in [2.24, 2.45) is 5.92 Å². The van der Waals surface area contributed by atoms with Crippen LogP contribution in [0.25, 0.3) is 0 Å². The molecule has 33 heavy (non-hydrogen) atoms. The maximum Gasteiger partial charge on any atom is 0.323 e. The Morgan fingerprint density at radius 1 is 1.21 bits per heavy atom. The minimum atomic E-state index is -1.46. The third-order valence-electron chi connectivity index (χ3n) is 6.69. The lowest BCUT2D eigenvalue weighted by atomic mass is 9.81. The lowest BCUT2D eigenvalue weighted by Gasteiger charge is -2.27. The van der Waals surface area contributed by atoms with Crippen molar-refractivity contribution in [3.05, 3.63) is 47.5 Å². The first-order valence-corrected chi connectivity index (χ1v) is 11.1. The van der Waals surface area contributed by atoms with Gasteiger partial charge in [-0.2, -0.15) is 0 Å². The summed E-state index contributed by atoms with van der Waals surface area (Å²) in [7, 11) is 1.55. The molecule has 9 nitrogen and oxygen atoms in total. The molecule has 9 heteroatoms. The molecule has 1 atom stereocenters. The maximum absolute atomic E-state index is 13.0. The summed E-state index contributed by atoms with van der Waals surface area (Å²) in [6.07, 6.45) is 7.29. The zero-order chi connectivity index (χ0) is 23.0. The number of imidazole rings is 1. The van der Waals surface area contributed by atoms with Gasteiger partial charge in [0, 0.05) is 36.3 Å². The molecule has 0 spiro atoms. The summed E-state index contributed by atoms with van der Waals surface area (Å²) in [5, 5.41) is 4.97. The zero-order valence-electron chi connectivity index (χ0n) is 18.3. The van der Waals surface area contributed by atoms with Crippen molar-refractivity contribution in [1.82, 2.24) is 25.5 Å². The number of imide groups is 1. The molecule has 5 rings (SSSR count). The summed E-state index contributed by atoms with van der Waals surface area (Å²) in [5.41, 5.74) is -0.0696. The summed E-state index contributed by atoms with van der Waals surface area (Å²) in [6, 6.07) is 4.74. The number of carbonyl (C=O) groups excluding carboxylic acids is 3. The molecule has 2 fully saturated rings. The molecule has 3 aliphatic rings. The van der Waals surface area contributed by atoms with Gasteiger partial charge in [-0.25, -0.2) is 9.78 Å². The Morgan fingerprint density at radius 2 is 2.03 bits per heavy atom. The fourth-order valence-electron chi connectivity index (χ4n) is 4.85. The first-order valence-electron chi connectivity index (χ1n) is 11.1. The number of rotatable bonds is 4. The molecule has 0 bridgehead atoms. The van der Waals surface area contributed by atoms with Gasteiger partial charge in [0.15, 0.2) is 5.54 Å². The van der Waals surface area contributed by atoms with Gasteiger partial charge in [-0.3, -0.25) is 14.9 Å². The highest BCUT2D eigenvalue weighted by molar-refractivity contribution is 6.10. The number of hydrogen-bond acceptors (Lipinski definition) is 5. The molecule has 2 aliphatic heterocycles. The van der Waals surface area contributed by atoms with Crippen molar-refractivity contribution in [3.8, 4) is 17.6 Å². The zero-order valence-corrected chi connectivity index (χ0v) is 18.3. The Labute approximate surface area is 191 Å². The molecule has 1 aromatic carbocycles. The molecule has 2 aromatic rings. The van der Waals surface area contributed by atoms with Gasteiger partial charge in [0.25, 0.3) is 11.8 Å². The van der Waals surface area contributed by atoms with Crippen LogP contribution >= 0.6 is 0 Å². The van der Waals surface area contributed by atoms with E-state index in [9.17, 15) is 14.4 Å². The van der Waals surface area contributed by atoms with E-state index in [-0.39, 0.29) is 18.4 Å². The van der Waals surface area contributed by atoms with Crippen molar-refractivity contribution >= 4 is 17.8 Å². The van der Waals surface area contributed by atoms with Crippen LogP contribution in [0.2, 0.25) is 0 Å². The summed E-state index contributed by atoms with van der Waals surface area (Å²) >= 11 is 0. The lowest BCUT2D eigenvalue weighted by molar-refractivity contribution is -0.122. The Morgan fingerprint density at radius 3 is 2.70 bits per heavy atom. The number of benzene rings is 1. The van der Waals surface area contributed by atoms with Crippen LogP contribution in [0.15, 0.2) is 30.6 Å². The summed E-state index contributed by atoms with van der Waals surface area (Å²) in [6.45, 7) is 0.328. The molecule has 1 aromatic heterocycles. The molecule has 170 valence electrons. The van der Waals surface area contributed by atoms with E-state index in [1.165, 1.54) is 0 Å². The van der Waals surface area contributed by atoms with Gasteiger partial charge in [-0.1, -0.05) is 17.9 Å². The molecule has 3 heterocycles. The van der Waals surface area contributed by atoms with E-state index in [4.69, 9.17) is 4.74 Å². The third kappa shape index (κ3) is 3.93. The number of H-pyrrole nitrogens is 1. The van der Waals surface area contributed by atoms with Crippen molar-refractivity contribution in [2.75, 3.05) is 13.7 Å². The van der Waals surface area contributed by atoms with E-state index < -0.39 is 17.5 Å². The standard InChI is InChI=1S/C24H25N5O4/c1-33-18-7-6-17-13-29(21(30)19(17)12-18)14-24(22(31)27-23(32)28-24)9-8-15-2-4-16(5-3-15)20-25-10-11-26-20/h6-7,10-12,15-16H,2-5,13-14H2,1H3,(H,25,26)(H2,27,28,31,32)/t15?,16?,24-/m1/s1. The lowest BCUT2D eigenvalue weighted by Crippen LogP contribution is -2.54. The molecular formula is C24H25N5O4. The molecule has 4 amide bonds. The number of ether oxygens (including phenoxy) is 1. The normalized spacial score (nSPS) is 26.3. The predicted octanol–water partition coefficient (Wildman–Crippen LogP) is 1.93. The number of aromatic nitrogens is 2. The fraction of sp³-hybridized carbons (Fsp3) is 0.417. The third-order valence-corrected chi connectivity index (χ3v) is 6.69. The fourth-order valence-corrected chi connectivity index (χ4v) is 4.85. The van der Waals surface area contributed by atoms with Crippen LogP contribution in [0.4, 0.5) is 4.79 Å². The summed E-state index contributed by atoms with van der Waals surface area (Å²) < 4.78 is 5.22. The van der Waals surface area contributed by atoms with Gasteiger partial charge in [-0.05, 0) is 43.4 Å². The first kappa shape index (κ1) is 21.1. The number of aromatic amines is 1. The highest BCUT2D eigenvalue weighted by Crippen LogP contribution is 2.34. The summed E-state index contributed by atoms with van der Waals surface area (Å²) in [5.74, 6) is 7.66. The Hall–Kier alpha value is -3.80. The molecule has 0 radical (unpaired) electrons. The number of urea groups is 1. The van der Waals surface area contributed by atoms with E-state index in [2.05, 4.69) is 32.4 Å². The molecule has 1 saturated carbocycles. The number of methoxy groups -OCH3 is 1. The maximum atomic E-state index is 13.0. The van der Waals surface area contributed by atoms with Gasteiger partial charge >= 0.3 is 6.03 Å². The Kier molecular flexibility index (Phi) is 5.29. The van der Waals surface area contributed by atoms with Crippen molar-refractivity contribution in [1.29, 1.82) is 0 Å². The minimum absolute atomic E-state index is 0.0187. The molecule has 0 unspecified atom stereocenters. The Balaban J connectivity index is 1.32. The highest BCUT2D eigenvalue weighted by Gasteiger charge is 2.48. The largest absolute Gasteiger partial charge is 0.497 e. The van der Waals surface area contributed by atoms with Crippen molar-refractivity contribution < 1.29 is 19.1 Å². The van der Waals surface area contributed by atoms with Crippen LogP contribution in [0.1, 0.15) is 53.3 Å². The topological polar surface area (TPSA) is 116 Å². The molecular weight excluding hydrogens is 422 g/mol. The van der Waals surface area contributed by atoms with E-state index in [1.54, 1.807) is 30.3 Å². The average Bonchev–Trinajstić information content (AvgIpc) is 3.52. The Bertz CT molecular complexity index is 1160. The van der Waals surface area contributed by atoms with Crippen LogP contribution in [-0.2, 0) is 11.3 Å². The molecule has 1 saturated heterocycles. The highest BCUT2D eigenvalue weighted by atomic mass is 16.5.